The van der Waals surface area contributed by atoms with Gasteiger partial charge in [-0.25, -0.2) is 0 Å². The Labute approximate surface area is 78.4 Å². The van der Waals surface area contributed by atoms with E-state index in [1.807, 2.05) is 6.92 Å². The van der Waals surface area contributed by atoms with Crippen LogP contribution in [0.15, 0.2) is 35.9 Å². The lowest BCUT2D eigenvalue weighted by Crippen LogP contribution is -2.06. The third kappa shape index (κ3) is 4.14. The third-order valence-corrected chi connectivity index (χ3v) is 1.77. The van der Waals surface area contributed by atoms with E-state index in [9.17, 15) is 4.79 Å². The Bertz CT molecular complexity index is 238. The van der Waals surface area contributed by atoms with E-state index in [4.69, 9.17) is 11.6 Å². The molecule has 1 unspecified atom stereocenters. The lowest BCUT2D eigenvalue weighted by Gasteiger charge is -2.05. The molecule has 0 radical (unpaired) electrons. The van der Waals surface area contributed by atoms with Crippen molar-refractivity contribution in [3.63, 3.8) is 0 Å². The zero-order chi connectivity index (χ0) is 9.72. The molecule has 0 aliphatic carbocycles. The smallest absolute Gasteiger partial charge is 0.136 e. The van der Waals surface area contributed by atoms with Crippen molar-refractivity contribution < 1.29 is 4.79 Å². The number of carbonyl (C=O) groups is 1. The molecule has 1 atom stereocenters. The maximum absolute atomic E-state index is 10.9. The van der Waals surface area contributed by atoms with Crippen LogP contribution in [0.25, 0.3) is 0 Å². The van der Waals surface area contributed by atoms with Crippen LogP contribution in [-0.2, 0) is 4.79 Å². The third-order valence-electron chi connectivity index (χ3n) is 1.64. The largest absolute Gasteiger partial charge is 0.299 e. The van der Waals surface area contributed by atoms with Crippen LogP contribution in [0.3, 0.4) is 0 Å². The zero-order valence-electron chi connectivity index (χ0n) is 7.43. The van der Waals surface area contributed by atoms with Crippen molar-refractivity contribution in [2.45, 2.75) is 13.8 Å². The van der Waals surface area contributed by atoms with Gasteiger partial charge in [0.15, 0.2) is 0 Å². The predicted molar refractivity (Wildman–Crippen MR) is 53.1 cm³/mol. The molecule has 66 valence electrons. The summed E-state index contributed by atoms with van der Waals surface area (Å²) in [7, 11) is 0. The molecule has 0 aromatic heterocycles. The SMILES string of the molecule is C=C(Cl)/C=C\C(=C)C(C)C(C)=O. The molecule has 0 rings (SSSR count). The Kier molecular flexibility index (Phi) is 4.60. The molecule has 0 aliphatic rings. The fourth-order valence-electron chi connectivity index (χ4n) is 0.603. The Morgan fingerprint density at radius 3 is 2.25 bits per heavy atom. The maximum Gasteiger partial charge on any atom is 0.136 e. The average molecular weight is 185 g/mol. The average Bonchev–Trinajstić information content (AvgIpc) is 1.98. The molecule has 0 N–H and O–H groups in total. The molecular formula is C10H13ClO. The van der Waals surface area contributed by atoms with Crippen molar-refractivity contribution in [2.24, 2.45) is 5.92 Å². The summed E-state index contributed by atoms with van der Waals surface area (Å²) in [5.41, 5.74) is 0.754. The zero-order valence-corrected chi connectivity index (χ0v) is 8.19. The van der Waals surface area contributed by atoms with Gasteiger partial charge in [0.2, 0.25) is 0 Å². The van der Waals surface area contributed by atoms with Crippen molar-refractivity contribution in [2.75, 3.05) is 0 Å². The van der Waals surface area contributed by atoms with E-state index in [-0.39, 0.29) is 11.7 Å². The summed E-state index contributed by atoms with van der Waals surface area (Å²) in [4.78, 5) is 10.9. The molecule has 0 aliphatic heterocycles. The molecule has 0 saturated carbocycles. The van der Waals surface area contributed by atoms with Gasteiger partial charge in [-0.1, -0.05) is 37.8 Å². The Hall–Kier alpha value is -0.820. The van der Waals surface area contributed by atoms with Crippen molar-refractivity contribution in [3.05, 3.63) is 35.9 Å². The summed E-state index contributed by atoms with van der Waals surface area (Å²) in [6, 6.07) is 0. The monoisotopic (exact) mass is 184 g/mol. The van der Waals surface area contributed by atoms with Gasteiger partial charge in [0.25, 0.3) is 0 Å². The molecule has 0 fully saturated rings. The number of Topliss-reactive ketones (excluding diaryl/α,β-unsaturated/α-hetero) is 1. The summed E-state index contributed by atoms with van der Waals surface area (Å²) in [5.74, 6) is -0.0397. The van der Waals surface area contributed by atoms with Crippen LogP contribution in [-0.4, -0.2) is 5.78 Å². The molecule has 0 amide bonds. The first-order valence-corrected chi connectivity index (χ1v) is 4.04. The normalized spacial score (nSPS) is 12.9. The maximum atomic E-state index is 10.9. The van der Waals surface area contributed by atoms with Gasteiger partial charge in [-0.3, -0.25) is 4.79 Å². The highest BCUT2D eigenvalue weighted by atomic mass is 35.5. The van der Waals surface area contributed by atoms with Gasteiger partial charge < -0.3 is 0 Å². The fourth-order valence-corrected chi connectivity index (χ4v) is 0.666. The molecule has 0 bridgehead atoms. The minimum Gasteiger partial charge on any atom is -0.299 e. The van der Waals surface area contributed by atoms with Gasteiger partial charge in [-0.15, -0.1) is 0 Å². The molecule has 0 saturated heterocycles. The van der Waals surface area contributed by atoms with Crippen molar-refractivity contribution >= 4 is 17.4 Å². The van der Waals surface area contributed by atoms with E-state index in [1.54, 1.807) is 19.1 Å². The van der Waals surface area contributed by atoms with Crippen LogP contribution in [0, 0.1) is 5.92 Å². The highest BCUT2D eigenvalue weighted by molar-refractivity contribution is 6.30. The minimum absolute atomic E-state index is 0.102. The second-order valence-corrected chi connectivity index (χ2v) is 3.17. The molecule has 1 nitrogen and oxygen atoms in total. The highest BCUT2D eigenvalue weighted by Gasteiger charge is 2.08. The van der Waals surface area contributed by atoms with E-state index in [0.29, 0.717) is 5.03 Å². The molecule has 2 heteroatoms. The Morgan fingerprint density at radius 2 is 1.92 bits per heavy atom. The first kappa shape index (κ1) is 11.2. The predicted octanol–water partition coefficient (Wildman–Crippen LogP) is 3.08. The molecule has 0 heterocycles. The van der Waals surface area contributed by atoms with Crippen LogP contribution in [0.4, 0.5) is 0 Å². The van der Waals surface area contributed by atoms with Gasteiger partial charge in [0.1, 0.15) is 5.78 Å². The van der Waals surface area contributed by atoms with E-state index in [0.717, 1.165) is 5.57 Å². The topological polar surface area (TPSA) is 17.1 Å². The second kappa shape index (κ2) is 4.94. The molecule has 12 heavy (non-hydrogen) atoms. The summed E-state index contributed by atoms with van der Waals surface area (Å²) in [6.45, 7) is 10.6. The van der Waals surface area contributed by atoms with Gasteiger partial charge in [-0.05, 0) is 18.6 Å². The van der Waals surface area contributed by atoms with Crippen molar-refractivity contribution in [1.29, 1.82) is 0 Å². The minimum atomic E-state index is -0.141. The van der Waals surface area contributed by atoms with Crippen molar-refractivity contribution in [1.82, 2.24) is 0 Å². The van der Waals surface area contributed by atoms with E-state index in [1.165, 1.54) is 0 Å². The Morgan fingerprint density at radius 1 is 1.42 bits per heavy atom. The Balaban J connectivity index is 4.22. The van der Waals surface area contributed by atoms with Crippen LogP contribution < -0.4 is 0 Å². The molecular weight excluding hydrogens is 172 g/mol. The molecule has 0 aromatic rings. The first-order valence-electron chi connectivity index (χ1n) is 3.67. The number of halogens is 1. The van der Waals surface area contributed by atoms with Gasteiger partial charge in [0.05, 0.1) is 0 Å². The lowest BCUT2D eigenvalue weighted by atomic mass is 9.99. The van der Waals surface area contributed by atoms with Crippen LogP contribution in [0.5, 0.6) is 0 Å². The number of rotatable bonds is 4. The van der Waals surface area contributed by atoms with E-state index in [2.05, 4.69) is 13.2 Å². The summed E-state index contributed by atoms with van der Waals surface area (Å²) >= 11 is 5.50. The van der Waals surface area contributed by atoms with E-state index >= 15 is 0 Å². The lowest BCUT2D eigenvalue weighted by molar-refractivity contribution is -0.119. The highest BCUT2D eigenvalue weighted by Crippen LogP contribution is 2.12. The number of hydrogen-bond acceptors (Lipinski definition) is 1. The van der Waals surface area contributed by atoms with Crippen LogP contribution in [0.1, 0.15) is 13.8 Å². The van der Waals surface area contributed by atoms with Gasteiger partial charge in [-0.2, -0.15) is 0 Å². The summed E-state index contributed by atoms with van der Waals surface area (Å²) in [5, 5.41) is 0.437. The van der Waals surface area contributed by atoms with Crippen LogP contribution >= 0.6 is 11.6 Å². The fraction of sp³-hybridized carbons (Fsp3) is 0.300. The number of allylic oxidation sites excluding steroid dienone is 4. The number of ketones is 1. The van der Waals surface area contributed by atoms with Crippen molar-refractivity contribution in [3.8, 4) is 0 Å². The quantitative estimate of drug-likeness (QED) is 0.614. The second-order valence-electron chi connectivity index (χ2n) is 2.69. The first-order chi connectivity index (χ1) is 5.45. The summed E-state index contributed by atoms with van der Waals surface area (Å²) in [6.07, 6.45) is 3.34. The number of hydrogen-bond donors (Lipinski definition) is 0. The summed E-state index contributed by atoms with van der Waals surface area (Å²) < 4.78 is 0. The van der Waals surface area contributed by atoms with Crippen LogP contribution in [0.2, 0.25) is 0 Å². The molecule has 0 aromatic carbocycles. The molecule has 0 spiro atoms. The van der Waals surface area contributed by atoms with Gasteiger partial charge >= 0.3 is 0 Å². The standard InChI is InChI=1S/C10H13ClO/c1-7(5-6-8(2)11)9(3)10(4)12/h5-6,9H,1-2H2,3-4H3/b6-5-. The van der Waals surface area contributed by atoms with E-state index < -0.39 is 0 Å². The number of carbonyl (C=O) groups excluding carboxylic acids is 1. The van der Waals surface area contributed by atoms with Gasteiger partial charge in [0, 0.05) is 11.0 Å².